The molecule has 4 heterocycles. The molecule has 7 heteroatoms. The van der Waals surface area contributed by atoms with Crippen molar-refractivity contribution in [1.82, 2.24) is 25.0 Å². The molecule has 1 N–H and O–H groups in total. The Labute approximate surface area is 157 Å². The maximum atomic E-state index is 13.1. The van der Waals surface area contributed by atoms with Crippen LogP contribution in [0.2, 0.25) is 0 Å². The molecule has 0 radical (unpaired) electrons. The van der Waals surface area contributed by atoms with Gasteiger partial charge >= 0.3 is 0 Å². The number of H-pyrrole nitrogens is 1. The number of aromatic nitrogens is 3. The number of pyridine rings is 1. The summed E-state index contributed by atoms with van der Waals surface area (Å²) in [5.41, 5.74) is 4.55. The quantitative estimate of drug-likeness (QED) is 0.893. The van der Waals surface area contributed by atoms with Gasteiger partial charge in [-0.15, -0.1) is 0 Å². The SMILES string of the molecule is O=C1C[C@H](C(=O)N2CCc3[nH]nc(C4CC4)c3C2)CN1Cc1cccnc1. The smallest absolute Gasteiger partial charge is 0.228 e. The zero-order valence-corrected chi connectivity index (χ0v) is 15.2. The second-order valence-corrected chi connectivity index (χ2v) is 7.89. The van der Waals surface area contributed by atoms with Gasteiger partial charge in [-0.1, -0.05) is 6.07 Å². The van der Waals surface area contributed by atoms with Crippen molar-refractivity contribution in [2.45, 2.75) is 44.7 Å². The van der Waals surface area contributed by atoms with E-state index in [0.29, 0.717) is 38.5 Å². The molecule has 2 fully saturated rings. The molecule has 0 aromatic carbocycles. The fraction of sp³-hybridized carbons (Fsp3) is 0.500. The van der Waals surface area contributed by atoms with Crippen molar-refractivity contribution < 1.29 is 9.59 Å². The van der Waals surface area contributed by atoms with Crippen LogP contribution in [0.3, 0.4) is 0 Å². The number of rotatable bonds is 4. The topological polar surface area (TPSA) is 82.2 Å². The number of hydrogen-bond acceptors (Lipinski definition) is 4. The van der Waals surface area contributed by atoms with Crippen LogP contribution in [-0.4, -0.2) is 49.9 Å². The van der Waals surface area contributed by atoms with Gasteiger partial charge in [-0.05, 0) is 24.5 Å². The summed E-state index contributed by atoms with van der Waals surface area (Å²) in [4.78, 5) is 33.3. The van der Waals surface area contributed by atoms with Crippen LogP contribution < -0.4 is 0 Å². The first-order chi connectivity index (χ1) is 13.2. The third-order valence-electron chi connectivity index (χ3n) is 5.90. The van der Waals surface area contributed by atoms with Crippen LogP contribution in [0.1, 0.15) is 47.7 Å². The van der Waals surface area contributed by atoms with Crippen molar-refractivity contribution in [2.75, 3.05) is 13.1 Å². The zero-order chi connectivity index (χ0) is 18.4. The van der Waals surface area contributed by atoms with Crippen LogP contribution in [0.25, 0.3) is 0 Å². The molecule has 140 valence electrons. The maximum absolute atomic E-state index is 13.1. The lowest BCUT2D eigenvalue weighted by molar-refractivity contribution is -0.136. The van der Waals surface area contributed by atoms with E-state index in [2.05, 4.69) is 15.2 Å². The first-order valence-electron chi connectivity index (χ1n) is 9.70. The Morgan fingerprint density at radius 2 is 2.22 bits per heavy atom. The first-order valence-corrected chi connectivity index (χ1v) is 9.70. The Balaban J connectivity index is 1.26. The minimum atomic E-state index is -0.244. The molecule has 1 aliphatic carbocycles. The molecule has 27 heavy (non-hydrogen) atoms. The highest BCUT2D eigenvalue weighted by atomic mass is 16.2. The van der Waals surface area contributed by atoms with Gasteiger partial charge in [0.25, 0.3) is 0 Å². The highest BCUT2D eigenvalue weighted by molar-refractivity contribution is 5.89. The number of likely N-dealkylation sites (tertiary alicyclic amines) is 1. The van der Waals surface area contributed by atoms with E-state index in [1.54, 1.807) is 17.3 Å². The lowest BCUT2D eigenvalue weighted by Crippen LogP contribution is -2.40. The maximum Gasteiger partial charge on any atom is 0.228 e. The number of carbonyl (C=O) groups excluding carboxylic acids is 2. The summed E-state index contributed by atoms with van der Waals surface area (Å²) in [6.07, 6.45) is 7.02. The van der Waals surface area contributed by atoms with Gasteiger partial charge in [0.05, 0.1) is 11.6 Å². The van der Waals surface area contributed by atoms with E-state index in [4.69, 9.17) is 0 Å². The van der Waals surface area contributed by atoms with Gasteiger partial charge < -0.3 is 9.80 Å². The van der Waals surface area contributed by atoms with E-state index in [9.17, 15) is 9.59 Å². The Hall–Kier alpha value is -2.70. The number of fused-ring (bicyclic) bond motifs is 1. The Kier molecular flexibility index (Phi) is 3.95. The Bertz CT molecular complexity index is 874. The van der Waals surface area contributed by atoms with Gasteiger partial charge in [0.1, 0.15) is 0 Å². The van der Waals surface area contributed by atoms with Crippen molar-refractivity contribution in [3.8, 4) is 0 Å². The Morgan fingerprint density at radius 3 is 3.00 bits per heavy atom. The summed E-state index contributed by atoms with van der Waals surface area (Å²) in [5.74, 6) is 0.484. The van der Waals surface area contributed by atoms with Gasteiger partial charge in [0.15, 0.2) is 0 Å². The van der Waals surface area contributed by atoms with Crippen LogP contribution >= 0.6 is 0 Å². The first kappa shape index (κ1) is 16.5. The van der Waals surface area contributed by atoms with E-state index in [0.717, 1.165) is 17.7 Å². The van der Waals surface area contributed by atoms with Crippen molar-refractivity contribution in [1.29, 1.82) is 0 Å². The van der Waals surface area contributed by atoms with Gasteiger partial charge in [0.2, 0.25) is 11.8 Å². The summed E-state index contributed by atoms with van der Waals surface area (Å²) in [6.45, 7) is 2.35. The molecule has 1 saturated heterocycles. The summed E-state index contributed by atoms with van der Waals surface area (Å²) in [5, 5.41) is 7.65. The third-order valence-corrected chi connectivity index (χ3v) is 5.90. The predicted molar refractivity (Wildman–Crippen MR) is 97.4 cm³/mol. The van der Waals surface area contributed by atoms with E-state index >= 15 is 0 Å². The van der Waals surface area contributed by atoms with Gasteiger partial charge in [-0.3, -0.25) is 19.7 Å². The number of amides is 2. The van der Waals surface area contributed by atoms with Crippen LogP contribution in [0, 0.1) is 5.92 Å². The van der Waals surface area contributed by atoms with Crippen LogP contribution in [0.4, 0.5) is 0 Å². The standard InChI is InChI=1S/C20H23N5O2/c26-18-8-15(11-25(18)10-13-2-1-6-21-9-13)20(27)24-7-5-17-16(12-24)19(23-22-17)14-3-4-14/h1-2,6,9,14-15H,3-5,7-8,10-12H2,(H,22,23)/t15-/m0/s1. The second kappa shape index (κ2) is 6.48. The summed E-state index contributed by atoms with van der Waals surface area (Å²) in [7, 11) is 0. The summed E-state index contributed by atoms with van der Waals surface area (Å²) < 4.78 is 0. The molecule has 2 aromatic rings. The van der Waals surface area contributed by atoms with Crippen LogP contribution in [0.15, 0.2) is 24.5 Å². The molecule has 1 atom stereocenters. The normalized spacial score (nSPS) is 22.2. The molecular formula is C20H23N5O2. The van der Waals surface area contributed by atoms with E-state index in [1.165, 1.54) is 24.1 Å². The molecular weight excluding hydrogens is 342 g/mol. The average molecular weight is 365 g/mol. The van der Waals surface area contributed by atoms with Crippen LogP contribution in [0.5, 0.6) is 0 Å². The molecule has 0 spiro atoms. The number of hydrogen-bond donors (Lipinski definition) is 1. The minimum Gasteiger partial charge on any atom is -0.338 e. The summed E-state index contributed by atoms with van der Waals surface area (Å²) in [6, 6.07) is 3.83. The van der Waals surface area contributed by atoms with Gasteiger partial charge in [0, 0.05) is 68.6 Å². The van der Waals surface area contributed by atoms with Gasteiger partial charge in [-0.25, -0.2) is 0 Å². The second-order valence-electron chi connectivity index (χ2n) is 7.89. The highest BCUT2D eigenvalue weighted by Crippen LogP contribution is 2.42. The molecule has 2 amide bonds. The van der Waals surface area contributed by atoms with Crippen molar-refractivity contribution in [3.63, 3.8) is 0 Å². The molecule has 7 nitrogen and oxygen atoms in total. The molecule has 0 bridgehead atoms. The largest absolute Gasteiger partial charge is 0.338 e. The minimum absolute atomic E-state index is 0.0527. The van der Waals surface area contributed by atoms with Gasteiger partial charge in [-0.2, -0.15) is 5.10 Å². The Morgan fingerprint density at radius 1 is 1.33 bits per heavy atom. The third kappa shape index (κ3) is 3.11. The number of aromatic amines is 1. The lowest BCUT2D eigenvalue weighted by Gasteiger charge is -2.29. The van der Waals surface area contributed by atoms with E-state index in [-0.39, 0.29) is 17.7 Å². The average Bonchev–Trinajstić information content (AvgIpc) is 3.35. The zero-order valence-electron chi connectivity index (χ0n) is 15.2. The monoisotopic (exact) mass is 365 g/mol. The van der Waals surface area contributed by atoms with Crippen molar-refractivity contribution in [2.24, 2.45) is 5.92 Å². The lowest BCUT2D eigenvalue weighted by atomic mass is 10.0. The highest BCUT2D eigenvalue weighted by Gasteiger charge is 2.39. The number of carbonyl (C=O) groups is 2. The van der Waals surface area contributed by atoms with Crippen molar-refractivity contribution in [3.05, 3.63) is 47.0 Å². The number of nitrogens with one attached hydrogen (secondary N) is 1. The molecule has 5 rings (SSSR count). The predicted octanol–water partition coefficient (Wildman–Crippen LogP) is 1.62. The van der Waals surface area contributed by atoms with E-state index < -0.39 is 0 Å². The summed E-state index contributed by atoms with van der Waals surface area (Å²) >= 11 is 0. The number of nitrogens with zero attached hydrogens (tertiary/aromatic N) is 4. The molecule has 0 unspecified atom stereocenters. The van der Waals surface area contributed by atoms with Crippen LogP contribution in [-0.2, 0) is 29.1 Å². The fourth-order valence-corrected chi connectivity index (χ4v) is 4.26. The molecule has 2 aliphatic heterocycles. The molecule has 2 aromatic heterocycles. The van der Waals surface area contributed by atoms with Crippen molar-refractivity contribution >= 4 is 11.8 Å². The van der Waals surface area contributed by atoms with E-state index in [1.807, 2.05) is 17.0 Å². The molecule has 1 saturated carbocycles. The fourth-order valence-electron chi connectivity index (χ4n) is 4.26. The molecule has 3 aliphatic rings.